The van der Waals surface area contributed by atoms with Crippen LogP contribution in [0.15, 0.2) is 36.8 Å². The summed E-state index contributed by atoms with van der Waals surface area (Å²) >= 11 is 0. The summed E-state index contributed by atoms with van der Waals surface area (Å²) in [4.78, 5) is 32.5. The van der Waals surface area contributed by atoms with E-state index in [-0.39, 0.29) is 5.57 Å². The van der Waals surface area contributed by atoms with Crippen LogP contribution < -0.4 is 5.73 Å². The van der Waals surface area contributed by atoms with Gasteiger partial charge in [0.2, 0.25) is 5.76 Å². The van der Waals surface area contributed by atoms with Crippen LogP contribution in [0.3, 0.4) is 0 Å². The van der Waals surface area contributed by atoms with Gasteiger partial charge in [-0.2, -0.15) is 0 Å². The fraction of sp³-hybridized carbons (Fsp3) is 0.100. The lowest BCUT2D eigenvalue weighted by Crippen LogP contribution is -2.20. The number of amides is 1. The SMILES string of the molecule is C=CC(=O)OC=C(OC(=O)C(=C)C)C(N)=O. The van der Waals surface area contributed by atoms with Gasteiger partial charge < -0.3 is 15.2 Å². The topological polar surface area (TPSA) is 95.7 Å². The molecular weight excluding hydrogens is 214 g/mol. The van der Waals surface area contributed by atoms with Gasteiger partial charge in [-0.3, -0.25) is 4.79 Å². The number of ether oxygens (including phenoxy) is 2. The van der Waals surface area contributed by atoms with Crippen molar-refractivity contribution in [2.75, 3.05) is 0 Å². The van der Waals surface area contributed by atoms with Crippen molar-refractivity contribution in [1.82, 2.24) is 0 Å². The van der Waals surface area contributed by atoms with E-state index < -0.39 is 23.6 Å². The Morgan fingerprint density at radius 1 is 1.31 bits per heavy atom. The monoisotopic (exact) mass is 225 g/mol. The Balaban J connectivity index is 4.68. The van der Waals surface area contributed by atoms with E-state index in [1.54, 1.807) is 0 Å². The summed E-state index contributed by atoms with van der Waals surface area (Å²) in [7, 11) is 0. The van der Waals surface area contributed by atoms with Crippen molar-refractivity contribution in [2.24, 2.45) is 5.73 Å². The third-order valence-corrected chi connectivity index (χ3v) is 1.24. The lowest BCUT2D eigenvalue weighted by atomic mass is 10.3. The highest BCUT2D eigenvalue weighted by Gasteiger charge is 2.14. The van der Waals surface area contributed by atoms with Crippen LogP contribution in [0.2, 0.25) is 0 Å². The van der Waals surface area contributed by atoms with Crippen molar-refractivity contribution >= 4 is 17.8 Å². The Morgan fingerprint density at radius 3 is 2.25 bits per heavy atom. The summed E-state index contributed by atoms with van der Waals surface area (Å²) in [5.74, 6) is -3.31. The lowest BCUT2D eigenvalue weighted by molar-refractivity contribution is -0.140. The van der Waals surface area contributed by atoms with Crippen LogP contribution in [0.25, 0.3) is 0 Å². The maximum atomic E-state index is 11.0. The predicted octanol–water partition coefficient (Wildman–Crippen LogP) is 0.162. The summed E-state index contributed by atoms with van der Waals surface area (Å²) in [5, 5.41) is 0. The van der Waals surface area contributed by atoms with Gasteiger partial charge in [0.1, 0.15) is 6.26 Å². The molecule has 0 fully saturated rings. The molecule has 0 aliphatic carbocycles. The minimum Gasteiger partial charge on any atom is -0.427 e. The molecular formula is C10H11NO5. The van der Waals surface area contributed by atoms with Crippen LogP contribution in [-0.2, 0) is 23.9 Å². The van der Waals surface area contributed by atoms with Crippen molar-refractivity contribution in [2.45, 2.75) is 6.92 Å². The van der Waals surface area contributed by atoms with Crippen LogP contribution in [0, 0.1) is 0 Å². The molecule has 0 saturated heterocycles. The molecule has 1 amide bonds. The van der Waals surface area contributed by atoms with Gasteiger partial charge in [0.05, 0.1) is 0 Å². The molecule has 0 atom stereocenters. The minimum atomic E-state index is -1.05. The number of carbonyl (C=O) groups is 3. The van der Waals surface area contributed by atoms with Crippen molar-refractivity contribution in [1.29, 1.82) is 0 Å². The molecule has 0 aromatic carbocycles. The first-order valence-corrected chi connectivity index (χ1v) is 4.09. The fourth-order valence-corrected chi connectivity index (χ4v) is 0.479. The van der Waals surface area contributed by atoms with E-state index >= 15 is 0 Å². The van der Waals surface area contributed by atoms with Crippen LogP contribution in [0.5, 0.6) is 0 Å². The van der Waals surface area contributed by atoms with Gasteiger partial charge in [0, 0.05) is 11.6 Å². The Bertz CT molecular complexity index is 381. The Morgan fingerprint density at radius 2 is 1.88 bits per heavy atom. The molecule has 0 bridgehead atoms. The zero-order chi connectivity index (χ0) is 12.7. The first-order valence-electron chi connectivity index (χ1n) is 4.09. The summed E-state index contributed by atoms with van der Waals surface area (Å²) < 4.78 is 8.87. The maximum Gasteiger partial charge on any atom is 0.338 e. The number of nitrogens with two attached hydrogens (primary N) is 1. The van der Waals surface area contributed by atoms with Gasteiger partial charge in [-0.25, -0.2) is 9.59 Å². The summed E-state index contributed by atoms with van der Waals surface area (Å²) in [6.45, 7) is 7.82. The number of rotatable bonds is 5. The zero-order valence-corrected chi connectivity index (χ0v) is 8.69. The number of esters is 2. The Hall–Kier alpha value is -2.37. The molecule has 0 spiro atoms. The first-order chi connectivity index (χ1) is 7.38. The largest absolute Gasteiger partial charge is 0.427 e. The highest BCUT2D eigenvalue weighted by Crippen LogP contribution is 2.02. The number of primary amides is 1. The number of hydrogen-bond donors (Lipinski definition) is 1. The van der Waals surface area contributed by atoms with E-state index in [2.05, 4.69) is 22.6 Å². The van der Waals surface area contributed by atoms with Gasteiger partial charge >= 0.3 is 11.9 Å². The van der Waals surface area contributed by atoms with Crippen LogP contribution >= 0.6 is 0 Å². The molecule has 16 heavy (non-hydrogen) atoms. The predicted molar refractivity (Wildman–Crippen MR) is 54.5 cm³/mol. The highest BCUT2D eigenvalue weighted by atomic mass is 16.6. The molecule has 0 aromatic heterocycles. The van der Waals surface area contributed by atoms with E-state index in [4.69, 9.17) is 5.73 Å². The second-order valence-corrected chi connectivity index (χ2v) is 2.66. The second kappa shape index (κ2) is 6.18. The molecule has 6 heteroatoms. The van der Waals surface area contributed by atoms with Crippen molar-refractivity contribution in [3.63, 3.8) is 0 Å². The summed E-state index contributed by atoms with van der Waals surface area (Å²) in [5.41, 5.74) is 4.95. The van der Waals surface area contributed by atoms with E-state index in [1.807, 2.05) is 0 Å². The van der Waals surface area contributed by atoms with Gasteiger partial charge in [-0.15, -0.1) is 0 Å². The molecule has 0 heterocycles. The van der Waals surface area contributed by atoms with Crippen molar-refractivity contribution in [3.8, 4) is 0 Å². The second-order valence-electron chi connectivity index (χ2n) is 2.66. The van der Waals surface area contributed by atoms with Crippen molar-refractivity contribution in [3.05, 3.63) is 36.8 Å². The third-order valence-electron chi connectivity index (χ3n) is 1.24. The van der Waals surface area contributed by atoms with E-state index in [0.717, 1.165) is 6.08 Å². The van der Waals surface area contributed by atoms with Crippen LogP contribution in [-0.4, -0.2) is 17.8 Å². The van der Waals surface area contributed by atoms with Crippen LogP contribution in [0.4, 0.5) is 0 Å². The smallest absolute Gasteiger partial charge is 0.338 e. The zero-order valence-electron chi connectivity index (χ0n) is 8.69. The highest BCUT2D eigenvalue weighted by molar-refractivity contribution is 5.96. The van der Waals surface area contributed by atoms with Gasteiger partial charge in [0.15, 0.2) is 0 Å². The average molecular weight is 225 g/mol. The maximum absolute atomic E-state index is 11.0. The van der Waals surface area contributed by atoms with Gasteiger partial charge in [0.25, 0.3) is 5.91 Å². The van der Waals surface area contributed by atoms with Crippen LogP contribution in [0.1, 0.15) is 6.92 Å². The molecule has 6 nitrogen and oxygen atoms in total. The molecule has 0 aromatic rings. The molecule has 0 aliphatic rings. The quantitative estimate of drug-likeness (QED) is 0.408. The number of carbonyl (C=O) groups excluding carboxylic acids is 3. The van der Waals surface area contributed by atoms with E-state index in [0.29, 0.717) is 6.26 Å². The van der Waals surface area contributed by atoms with Gasteiger partial charge in [-0.05, 0) is 6.92 Å². The van der Waals surface area contributed by atoms with Gasteiger partial charge in [-0.1, -0.05) is 13.2 Å². The normalized spacial score (nSPS) is 10.2. The first kappa shape index (κ1) is 13.6. The lowest BCUT2D eigenvalue weighted by Gasteiger charge is -2.04. The summed E-state index contributed by atoms with van der Waals surface area (Å²) in [6, 6.07) is 0. The molecule has 0 unspecified atom stereocenters. The average Bonchev–Trinajstić information content (AvgIpc) is 2.22. The molecule has 0 aliphatic heterocycles. The summed E-state index contributed by atoms with van der Waals surface area (Å²) in [6.07, 6.45) is 1.50. The van der Waals surface area contributed by atoms with Crippen molar-refractivity contribution < 1.29 is 23.9 Å². The standard InChI is InChI=1S/C10H11NO5/c1-4-8(12)15-5-7(9(11)13)16-10(14)6(2)3/h4-5H,1-2H2,3H3,(H2,11,13). The Labute approximate surface area is 92.0 Å². The molecule has 86 valence electrons. The molecule has 0 radical (unpaired) electrons. The Kier molecular flexibility index (Phi) is 5.26. The van der Waals surface area contributed by atoms with E-state index in [1.165, 1.54) is 6.92 Å². The minimum absolute atomic E-state index is 0.0715. The fourth-order valence-electron chi connectivity index (χ4n) is 0.479. The molecule has 0 rings (SSSR count). The third kappa shape index (κ3) is 4.75. The van der Waals surface area contributed by atoms with E-state index in [9.17, 15) is 14.4 Å². The molecule has 0 saturated carbocycles. The molecule has 2 N–H and O–H groups in total. The number of hydrogen-bond acceptors (Lipinski definition) is 5.